The highest BCUT2D eigenvalue weighted by Crippen LogP contribution is 2.32. The standard InChI is InChI=1S/C14H17NO5S/c1-2-21(17,18)11-7-15(8-11)14(16)6-10-3-4-12-13(5-10)20-9-19-12/h3-5,11H,2,6-9H2,1H3. The lowest BCUT2D eigenvalue weighted by atomic mass is 10.1. The molecule has 1 amide bonds. The molecule has 0 spiro atoms. The predicted molar refractivity (Wildman–Crippen MR) is 76.1 cm³/mol. The topological polar surface area (TPSA) is 72.9 Å². The van der Waals surface area contributed by atoms with E-state index < -0.39 is 15.1 Å². The Kier molecular flexibility index (Phi) is 3.52. The number of likely N-dealkylation sites (tertiary alicyclic amines) is 1. The van der Waals surface area contributed by atoms with E-state index in [1.807, 2.05) is 6.07 Å². The number of hydrogen-bond donors (Lipinski definition) is 0. The van der Waals surface area contributed by atoms with Crippen molar-refractivity contribution in [3.63, 3.8) is 0 Å². The number of hydrogen-bond acceptors (Lipinski definition) is 5. The lowest BCUT2D eigenvalue weighted by Crippen LogP contribution is -2.57. The van der Waals surface area contributed by atoms with E-state index in [-0.39, 0.29) is 24.9 Å². The minimum Gasteiger partial charge on any atom is -0.454 e. The van der Waals surface area contributed by atoms with Gasteiger partial charge in [-0.15, -0.1) is 0 Å². The first kappa shape index (κ1) is 14.2. The molecule has 1 saturated heterocycles. The molecule has 2 aliphatic rings. The lowest BCUT2D eigenvalue weighted by molar-refractivity contribution is -0.133. The van der Waals surface area contributed by atoms with Crippen LogP contribution in [0.4, 0.5) is 0 Å². The first-order chi connectivity index (χ1) is 9.99. The van der Waals surface area contributed by atoms with E-state index in [1.54, 1.807) is 24.0 Å². The number of nitrogens with zero attached hydrogens (tertiary/aromatic N) is 1. The number of sulfone groups is 1. The second-order valence-corrected chi connectivity index (χ2v) is 7.81. The number of carbonyl (C=O) groups excluding carboxylic acids is 1. The first-order valence-corrected chi connectivity index (χ1v) is 8.59. The fraction of sp³-hybridized carbons (Fsp3) is 0.500. The number of ether oxygens (including phenoxy) is 2. The van der Waals surface area contributed by atoms with Gasteiger partial charge in [0.05, 0.1) is 11.7 Å². The van der Waals surface area contributed by atoms with Gasteiger partial charge in [-0.05, 0) is 17.7 Å². The summed E-state index contributed by atoms with van der Waals surface area (Å²) in [4.78, 5) is 13.7. The Balaban J connectivity index is 1.59. The number of benzene rings is 1. The van der Waals surface area contributed by atoms with E-state index >= 15 is 0 Å². The summed E-state index contributed by atoms with van der Waals surface area (Å²) in [5.74, 6) is 1.40. The zero-order valence-corrected chi connectivity index (χ0v) is 12.6. The Morgan fingerprint density at radius 3 is 2.71 bits per heavy atom. The zero-order chi connectivity index (χ0) is 15.0. The molecule has 0 saturated carbocycles. The molecule has 7 heteroatoms. The van der Waals surface area contributed by atoms with Crippen molar-refractivity contribution in [2.24, 2.45) is 0 Å². The minimum absolute atomic E-state index is 0.0589. The summed E-state index contributed by atoms with van der Waals surface area (Å²) < 4.78 is 33.8. The van der Waals surface area contributed by atoms with Crippen LogP contribution in [0.3, 0.4) is 0 Å². The normalized spacial score (nSPS) is 17.7. The molecule has 3 rings (SSSR count). The highest BCUT2D eigenvalue weighted by Gasteiger charge is 2.38. The third-order valence-electron chi connectivity index (χ3n) is 3.90. The SMILES string of the molecule is CCS(=O)(=O)C1CN(C(=O)Cc2ccc3c(c2)OCO3)C1. The van der Waals surface area contributed by atoms with Crippen LogP contribution in [0, 0.1) is 0 Å². The maximum Gasteiger partial charge on any atom is 0.231 e. The van der Waals surface area contributed by atoms with Gasteiger partial charge in [-0.1, -0.05) is 13.0 Å². The van der Waals surface area contributed by atoms with Crippen LogP contribution in [0.15, 0.2) is 18.2 Å². The fourth-order valence-electron chi connectivity index (χ4n) is 2.44. The quantitative estimate of drug-likeness (QED) is 0.814. The van der Waals surface area contributed by atoms with E-state index in [0.717, 1.165) is 5.56 Å². The van der Waals surface area contributed by atoms with Gasteiger partial charge in [-0.2, -0.15) is 0 Å². The minimum atomic E-state index is -3.04. The van der Waals surface area contributed by atoms with Gasteiger partial charge in [0, 0.05) is 18.8 Å². The third kappa shape index (κ3) is 2.70. The molecule has 2 aliphatic heterocycles. The van der Waals surface area contributed by atoms with Crippen LogP contribution in [-0.4, -0.2) is 50.1 Å². The van der Waals surface area contributed by atoms with Crippen molar-refractivity contribution in [1.29, 1.82) is 0 Å². The molecule has 1 aromatic rings. The smallest absolute Gasteiger partial charge is 0.231 e. The van der Waals surface area contributed by atoms with E-state index in [2.05, 4.69) is 0 Å². The average molecular weight is 311 g/mol. The van der Waals surface area contributed by atoms with Gasteiger partial charge < -0.3 is 14.4 Å². The molecule has 1 aromatic carbocycles. The molecule has 21 heavy (non-hydrogen) atoms. The van der Waals surface area contributed by atoms with Crippen molar-refractivity contribution in [2.45, 2.75) is 18.6 Å². The molecule has 0 bridgehead atoms. The molecule has 2 heterocycles. The van der Waals surface area contributed by atoms with Crippen molar-refractivity contribution in [3.05, 3.63) is 23.8 Å². The van der Waals surface area contributed by atoms with Crippen LogP contribution in [0.25, 0.3) is 0 Å². The van der Waals surface area contributed by atoms with Gasteiger partial charge in [-0.3, -0.25) is 4.79 Å². The van der Waals surface area contributed by atoms with E-state index in [9.17, 15) is 13.2 Å². The second kappa shape index (κ2) is 5.22. The summed E-state index contributed by atoms with van der Waals surface area (Å²) in [6.07, 6.45) is 0.246. The molecule has 6 nitrogen and oxygen atoms in total. The van der Waals surface area contributed by atoms with Gasteiger partial charge in [-0.25, -0.2) is 8.42 Å². The molecule has 1 fully saturated rings. The van der Waals surface area contributed by atoms with Crippen LogP contribution in [0.5, 0.6) is 11.5 Å². The van der Waals surface area contributed by atoms with Crippen molar-refractivity contribution in [3.8, 4) is 11.5 Å². The summed E-state index contributed by atoms with van der Waals surface area (Å²) in [6.45, 7) is 2.45. The summed E-state index contributed by atoms with van der Waals surface area (Å²) >= 11 is 0. The zero-order valence-electron chi connectivity index (χ0n) is 11.7. The van der Waals surface area contributed by atoms with Gasteiger partial charge in [0.2, 0.25) is 12.7 Å². The fourth-order valence-corrected chi connectivity index (χ4v) is 3.73. The summed E-state index contributed by atoms with van der Waals surface area (Å²) in [6, 6.07) is 5.40. The van der Waals surface area contributed by atoms with E-state index in [0.29, 0.717) is 24.6 Å². The number of fused-ring (bicyclic) bond motifs is 1. The molecule has 0 aliphatic carbocycles. The number of rotatable bonds is 4. The van der Waals surface area contributed by atoms with Gasteiger partial charge in [0.25, 0.3) is 0 Å². The highest BCUT2D eigenvalue weighted by atomic mass is 32.2. The highest BCUT2D eigenvalue weighted by molar-refractivity contribution is 7.92. The van der Waals surface area contributed by atoms with E-state index in [1.165, 1.54) is 0 Å². The van der Waals surface area contributed by atoms with Crippen LogP contribution in [0.2, 0.25) is 0 Å². The number of carbonyl (C=O) groups is 1. The Morgan fingerprint density at radius 1 is 1.29 bits per heavy atom. The molecule has 0 N–H and O–H groups in total. The van der Waals surface area contributed by atoms with Gasteiger partial charge >= 0.3 is 0 Å². The lowest BCUT2D eigenvalue weighted by Gasteiger charge is -2.38. The average Bonchev–Trinajstić information content (AvgIpc) is 2.84. The van der Waals surface area contributed by atoms with Crippen LogP contribution in [0.1, 0.15) is 12.5 Å². The Hall–Kier alpha value is -1.76. The Morgan fingerprint density at radius 2 is 2.00 bits per heavy atom. The third-order valence-corrected chi connectivity index (χ3v) is 6.02. The van der Waals surface area contributed by atoms with Crippen LogP contribution in [-0.2, 0) is 21.1 Å². The monoisotopic (exact) mass is 311 g/mol. The van der Waals surface area contributed by atoms with Crippen LogP contribution < -0.4 is 9.47 Å². The van der Waals surface area contributed by atoms with Crippen LogP contribution >= 0.6 is 0 Å². The second-order valence-electron chi connectivity index (χ2n) is 5.24. The van der Waals surface area contributed by atoms with Crippen molar-refractivity contribution in [1.82, 2.24) is 4.90 Å². The molecule has 0 radical (unpaired) electrons. The molecule has 0 unspecified atom stereocenters. The van der Waals surface area contributed by atoms with E-state index in [4.69, 9.17) is 9.47 Å². The summed E-state index contributed by atoms with van der Waals surface area (Å²) in [5, 5.41) is -0.400. The summed E-state index contributed by atoms with van der Waals surface area (Å²) in [5.41, 5.74) is 0.839. The molecular weight excluding hydrogens is 294 g/mol. The maximum atomic E-state index is 12.1. The van der Waals surface area contributed by atoms with Crippen molar-refractivity contribution < 1.29 is 22.7 Å². The first-order valence-electron chi connectivity index (χ1n) is 6.87. The largest absolute Gasteiger partial charge is 0.454 e. The molecule has 0 aromatic heterocycles. The van der Waals surface area contributed by atoms with Crippen molar-refractivity contribution in [2.75, 3.05) is 25.6 Å². The Labute approximate surface area is 123 Å². The predicted octanol–water partition coefficient (Wildman–Crippen LogP) is 0.603. The van der Waals surface area contributed by atoms with Gasteiger partial charge in [0.1, 0.15) is 0 Å². The summed E-state index contributed by atoms with van der Waals surface area (Å²) in [7, 11) is -3.04. The van der Waals surface area contributed by atoms with Gasteiger partial charge in [0.15, 0.2) is 21.3 Å². The molecular formula is C14H17NO5S. The Bertz CT molecular complexity index is 664. The molecule has 0 atom stereocenters. The van der Waals surface area contributed by atoms with Crippen molar-refractivity contribution >= 4 is 15.7 Å². The molecule has 114 valence electrons. The maximum absolute atomic E-state index is 12.1. The number of amides is 1.